The fourth-order valence-corrected chi connectivity index (χ4v) is 2.53. The summed E-state index contributed by atoms with van der Waals surface area (Å²) in [5.74, 6) is 0.522. The number of benzene rings is 2. The predicted molar refractivity (Wildman–Crippen MR) is 90.5 cm³/mol. The van der Waals surface area contributed by atoms with Crippen molar-refractivity contribution in [1.29, 1.82) is 0 Å². The van der Waals surface area contributed by atoms with Crippen molar-refractivity contribution in [3.63, 3.8) is 0 Å². The Morgan fingerprint density at radius 2 is 1.61 bits per heavy atom. The maximum Gasteiger partial charge on any atom is 0.273 e. The van der Waals surface area contributed by atoms with E-state index in [1.807, 2.05) is 60.7 Å². The molecule has 0 saturated heterocycles. The van der Waals surface area contributed by atoms with Crippen molar-refractivity contribution >= 4 is 12.1 Å². The zero-order chi connectivity index (χ0) is 16.1. The van der Waals surface area contributed by atoms with Gasteiger partial charge in [-0.1, -0.05) is 60.7 Å². The van der Waals surface area contributed by atoms with Crippen LogP contribution >= 0.6 is 0 Å². The molecule has 1 heterocycles. The summed E-state index contributed by atoms with van der Waals surface area (Å²) in [4.78, 5) is 23.5. The number of carbonyl (C=O) groups excluding carboxylic acids is 1. The molecule has 1 aromatic heterocycles. The van der Waals surface area contributed by atoms with Crippen molar-refractivity contribution in [2.45, 2.75) is 12.5 Å². The Balaban J connectivity index is 1.85. The summed E-state index contributed by atoms with van der Waals surface area (Å²) in [6.45, 7) is 0. The van der Waals surface area contributed by atoms with Crippen LogP contribution in [0.15, 0.2) is 65.5 Å². The molecule has 0 radical (unpaired) electrons. The maximum atomic E-state index is 12.1. The summed E-state index contributed by atoms with van der Waals surface area (Å²) in [7, 11) is 0. The Labute approximate surface area is 133 Å². The molecule has 5 nitrogen and oxygen atoms in total. The Morgan fingerprint density at radius 1 is 0.957 bits per heavy atom. The van der Waals surface area contributed by atoms with Gasteiger partial charge in [0.25, 0.3) is 5.56 Å². The van der Waals surface area contributed by atoms with Gasteiger partial charge in [-0.25, -0.2) is 0 Å². The van der Waals surface area contributed by atoms with Crippen LogP contribution in [0, 0.1) is 0 Å². The fourth-order valence-electron chi connectivity index (χ4n) is 2.53. The molecule has 1 atom stereocenters. The lowest BCUT2D eigenvalue weighted by Crippen LogP contribution is -2.24. The molecule has 0 aliphatic heterocycles. The molecule has 23 heavy (non-hydrogen) atoms. The van der Waals surface area contributed by atoms with Gasteiger partial charge in [0.05, 0.1) is 11.6 Å². The number of H-pyrrole nitrogens is 2. The first-order valence-corrected chi connectivity index (χ1v) is 7.40. The maximum absolute atomic E-state index is 12.1. The van der Waals surface area contributed by atoms with Crippen LogP contribution < -0.4 is 10.9 Å². The Hall–Kier alpha value is -3.08. The highest BCUT2D eigenvalue weighted by Crippen LogP contribution is 2.22. The number of hydrogen-bond acceptors (Lipinski definition) is 3. The molecule has 0 fully saturated rings. The van der Waals surface area contributed by atoms with Crippen molar-refractivity contribution in [3.05, 3.63) is 76.6 Å². The molecule has 3 N–H and O–H groups in total. The minimum absolute atomic E-state index is 0.219. The van der Waals surface area contributed by atoms with E-state index in [4.69, 9.17) is 0 Å². The normalized spacial score (nSPS) is 11.8. The molecule has 3 aromatic rings. The summed E-state index contributed by atoms with van der Waals surface area (Å²) in [5.41, 5.74) is 2.13. The molecule has 116 valence electrons. The van der Waals surface area contributed by atoms with E-state index in [0.29, 0.717) is 17.8 Å². The van der Waals surface area contributed by atoms with Gasteiger partial charge in [0, 0.05) is 0 Å². The third-order valence-corrected chi connectivity index (χ3v) is 3.63. The van der Waals surface area contributed by atoms with E-state index in [1.54, 1.807) is 0 Å². The van der Waals surface area contributed by atoms with Crippen LogP contribution in [0.4, 0.5) is 5.82 Å². The van der Waals surface area contributed by atoms with Crippen molar-refractivity contribution in [2.24, 2.45) is 0 Å². The van der Waals surface area contributed by atoms with Crippen molar-refractivity contribution in [2.75, 3.05) is 5.32 Å². The lowest BCUT2D eigenvalue weighted by atomic mass is 10.1. The summed E-state index contributed by atoms with van der Waals surface area (Å²) in [5, 5.41) is 8.50. The van der Waals surface area contributed by atoms with Crippen LogP contribution in [-0.4, -0.2) is 22.5 Å². The first kappa shape index (κ1) is 14.8. The standard InChI is InChI=1S/C18H17N3O2/c22-12-15(11-13-7-3-1-4-8-13)19-17-16(18(23)21-20-17)14-9-5-2-6-10-14/h1-10,12,15H,11H2,(H3,19,20,21,23)/t15-/m0/s1. The second-order valence-corrected chi connectivity index (χ2v) is 5.27. The second-order valence-electron chi connectivity index (χ2n) is 5.27. The second kappa shape index (κ2) is 6.79. The van der Waals surface area contributed by atoms with Crippen LogP contribution in [0.3, 0.4) is 0 Å². The number of hydrogen-bond donors (Lipinski definition) is 3. The zero-order valence-electron chi connectivity index (χ0n) is 12.5. The lowest BCUT2D eigenvalue weighted by Gasteiger charge is -2.14. The van der Waals surface area contributed by atoms with E-state index in [-0.39, 0.29) is 5.56 Å². The average Bonchev–Trinajstić information content (AvgIpc) is 2.96. The Kier molecular flexibility index (Phi) is 4.38. The van der Waals surface area contributed by atoms with E-state index in [0.717, 1.165) is 17.4 Å². The topological polar surface area (TPSA) is 77.8 Å². The predicted octanol–water partition coefficient (Wildman–Crippen LogP) is 2.59. The van der Waals surface area contributed by atoms with Crippen molar-refractivity contribution < 1.29 is 4.79 Å². The molecular formula is C18H17N3O2. The van der Waals surface area contributed by atoms with E-state index in [2.05, 4.69) is 15.5 Å². The molecular weight excluding hydrogens is 290 g/mol. The SMILES string of the molecule is O=C[C@H](Cc1ccccc1)Nc1[nH][nH]c(=O)c1-c1ccccc1. The van der Waals surface area contributed by atoms with Crippen molar-refractivity contribution in [3.8, 4) is 11.1 Å². The van der Waals surface area contributed by atoms with E-state index in [9.17, 15) is 9.59 Å². The zero-order valence-corrected chi connectivity index (χ0v) is 12.5. The quantitative estimate of drug-likeness (QED) is 0.613. The average molecular weight is 307 g/mol. The Morgan fingerprint density at radius 3 is 2.26 bits per heavy atom. The number of anilines is 1. The molecule has 0 aliphatic rings. The largest absolute Gasteiger partial charge is 0.360 e. The minimum Gasteiger partial charge on any atom is -0.360 e. The number of aromatic amines is 2. The smallest absolute Gasteiger partial charge is 0.273 e. The van der Waals surface area contributed by atoms with Gasteiger partial charge in [0.1, 0.15) is 12.1 Å². The molecule has 0 aliphatic carbocycles. The third-order valence-electron chi connectivity index (χ3n) is 3.63. The van der Waals surface area contributed by atoms with Gasteiger partial charge in [0.15, 0.2) is 0 Å². The Bertz CT molecular complexity index is 822. The lowest BCUT2D eigenvalue weighted by molar-refractivity contribution is -0.108. The molecule has 0 saturated carbocycles. The van der Waals surface area contributed by atoms with Crippen LogP contribution in [-0.2, 0) is 11.2 Å². The van der Waals surface area contributed by atoms with Crippen LogP contribution in [0.5, 0.6) is 0 Å². The number of aldehydes is 1. The number of nitrogens with one attached hydrogen (secondary N) is 3. The van der Waals surface area contributed by atoms with E-state index in [1.165, 1.54) is 0 Å². The van der Waals surface area contributed by atoms with Crippen LogP contribution in [0.25, 0.3) is 11.1 Å². The van der Waals surface area contributed by atoms with Gasteiger partial charge >= 0.3 is 0 Å². The highest BCUT2D eigenvalue weighted by molar-refractivity contribution is 5.77. The molecule has 0 unspecified atom stereocenters. The van der Waals surface area contributed by atoms with Gasteiger partial charge in [-0.05, 0) is 17.5 Å². The van der Waals surface area contributed by atoms with E-state index < -0.39 is 6.04 Å². The first-order chi connectivity index (χ1) is 11.3. The monoisotopic (exact) mass is 307 g/mol. The fraction of sp³-hybridized carbons (Fsp3) is 0.111. The molecule has 0 bridgehead atoms. The highest BCUT2D eigenvalue weighted by Gasteiger charge is 2.16. The van der Waals surface area contributed by atoms with Gasteiger partial charge in [-0.15, -0.1) is 0 Å². The first-order valence-electron chi connectivity index (χ1n) is 7.40. The molecule has 2 aromatic carbocycles. The van der Waals surface area contributed by atoms with Crippen LogP contribution in [0.2, 0.25) is 0 Å². The highest BCUT2D eigenvalue weighted by atomic mass is 16.1. The van der Waals surface area contributed by atoms with Crippen molar-refractivity contribution in [1.82, 2.24) is 10.2 Å². The third kappa shape index (κ3) is 3.40. The van der Waals surface area contributed by atoms with Gasteiger partial charge in [-0.3, -0.25) is 15.0 Å². The molecule has 5 heteroatoms. The molecule has 0 amide bonds. The number of carbonyl (C=O) groups is 1. The van der Waals surface area contributed by atoms with Gasteiger partial charge < -0.3 is 10.1 Å². The summed E-state index contributed by atoms with van der Waals surface area (Å²) in [6.07, 6.45) is 1.40. The summed E-state index contributed by atoms with van der Waals surface area (Å²) in [6, 6.07) is 18.7. The summed E-state index contributed by atoms with van der Waals surface area (Å²) >= 11 is 0. The van der Waals surface area contributed by atoms with Crippen LogP contribution in [0.1, 0.15) is 5.56 Å². The number of aromatic nitrogens is 2. The summed E-state index contributed by atoms with van der Waals surface area (Å²) < 4.78 is 0. The van der Waals surface area contributed by atoms with Gasteiger partial charge in [-0.2, -0.15) is 0 Å². The van der Waals surface area contributed by atoms with Gasteiger partial charge in [0.2, 0.25) is 0 Å². The minimum atomic E-state index is -0.425. The van der Waals surface area contributed by atoms with E-state index >= 15 is 0 Å². The molecule has 3 rings (SSSR count). The molecule has 0 spiro atoms. The number of rotatable bonds is 6.